The Balaban J connectivity index is 3.90. The highest BCUT2D eigenvalue weighted by atomic mass is 16.2. The van der Waals surface area contributed by atoms with Gasteiger partial charge < -0.3 is 4.90 Å². The van der Waals surface area contributed by atoms with E-state index in [2.05, 4.69) is 25.7 Å². The maximum atomic E-state index is 12.8. The van der Waals surface area contributed by atoms with E-state index in [0.29, 0.717) is 5.91 Å². The Morgan fingerprint density at radius 2 is 0.733 bits per heavy atom. The molecular formula is C28H57NO. The topological polar surface area (TPSA) is 20.3 Å². The van der Waals surface area contributed by atoms with E-state index in [4.69, 9.17) is 0 Å². The largest absolute Gasteiger partial charge is 0.343 e. The Bertz CT molecular complexity index is 342. The molecule has 0 radical (unpaired) electrons. The number of unbranched alkanes of at least 4 members (excludes halogenated alkanes) is 18. The Hall–Kier alpha value is -0.530. The Morgan fingerprint density at radius 1 is 0.433 bits per heavy atom. The number of rotatable bonds is 24. The lowest BCUT2D eigenvalue weighted by Crippen LogP contribution is -2.32. The Kier molecular flexibility index (Phi) is 24.3. The molecule has 0 saturated heterocycles. The molecule has 0 aromatic heterocycles. The third kappa shape index (κ3) is 20.7. The van der Waals surface area contributed by atoms with Gasteiger partial charge in [-0.3, -0.25) is 4.79 Å². The highest BCUT2D eigenvalue weighted by Crippen LogP contribution is 2.13. The second-order valence-corrected chi connectivity index (χ2v) is 9.49. The van der Waals surface area contributed by atoms with Crippen LogP contribution in [0, 0.1) is 0 Å². The number of amides is 1. The highest BCUT2D eigenvalue weighted by Gasteiger charge is 2.12. The molecule has 0 aromatic rings. The van der Waals surface area contributed by atoms with Crippen molar-refractivity contribution in [2.24, 2.45) is 0 Å². The van der Waals surface area contributed by atoms with Crippen LogP contribution in [-0.2, 0) is 4.79 Å². The van der Waals surface area contributed by atoms with Crippen molar-refractivity contribution in [3.8, 4) is 0 Å². The first-order chi connectivity index (χ1) is 14.8. The quantitative estimate of drug-likeness (QED) is 0.141. The second-order valence-electron chi connectivity index (χ2n) is 9.49. The van der Waals surface area contributed by atoms with Gasteiger partial charge in [-0.15, -0.1) is 0 Å². The second kappa shape index (κ2) is 24.7. The lowest BCUT2D eigenvalue weighted by atomic mass is 10.1. The summed E-state index contributed by atoms with van der Waals surface area (Å²) in [5, 5.41) is 0. The van der Waals surface area contributed by atoms with Crippen molar-refractivity contribution in [3.05, 3.63) is 0 Å². The van der Waals surface area contributed by atoms with Crippen molar-refractivity contribution in [2.75, 3.05) is 13.1 Å². The number of carbonyl (C=O) groups is 1. The molecule has 0 unspecified atom stereocenters. The summed E-state index contributed by atoms with van der Waals surface area (Å²) in [5.41, 5.74) is 0. The molecule has 0 N–H and O–H groups in total. The van der Waals surface area contributed by atoms with E-state index in [9.17, 15) is 4.79 Å². The molecule has 2 nitrogen and oxygen atoms in total. The molecule has 0 aliphatic carbocycles. The highest BCUT2D eigenvalue weighted by molar-refractivity contribution is 5.76. The summed E-state index contributed by atoms with van der Waals surface area (Å²) in [6, 6.07) is 0. The molecular weight excluding hydrogens is 366 g/mol. The maximum absolute atomic E-state index is 12.8. The van der Waals surface area contributed by atoms with Gasteiger partial charge >= 0.3 is 0 Å². The van der Waals surface area contributed by atoms with Crippen LogP contribution >= 0.6 is 0 Å². The third-order valence-corrected chi connectivity index (χ3v) is 6.41. The fourth-order valence-corrected chi connectivity index (χ4v) is 4.27. The molecule has 0 bridgehead atoms. The van der Waals surface area contributed by atoms with Gasteiger partial charge in [0.1, 0.15) is 0 Å². The summed E-state index contributed by atoms with van der Waals surface area (Å²) in [7, 11) is 0. The maximum Gasteiger partial charge on any atom is 0.222 e. The van der Waals surface area contributed by atoms with Crippen molar-refractivity contribution < 1.29 is 4.79 Å². The van der Waals surface area contributed by atoms with E-state index in [0.717, 1.165) is 25.9 Å². The summed E-state index contributed by atoms with van der Waals surface area (Å²) in [5.74, 6) is 0.427. The minimum absolute atomic E-state index is 0.427. The molecule has 2 heteroatoms. The Labute approximate surface area is 191 Å². The number of hydrogen-bond acceptors (Lipinski definition) is 1. The zero-order valence-electron chi connectivity index (χ0n) is 21.3. The van der Waals surface area contributed by atoms with Gasteiger partial charge in [-0.2, -0.15) is 0 Å². The van der Waals surface area contributed by atoms with E-state index in [1.807, 2.05) is 0 Å². The van der Waals surface area contributed by atoms with E-state index in [-0.39, 0.29) is 0 Å². The average molecular weight is 424 g/mol. The van der Waals surface area contributed by atoms with Crippen LogP contribution in [0.1, 0.15) is 162 Å². The lowest BCUT2D eigenvalue weighted by Gasteiger charge is -2.23. The van der Waals surface area contributed by atoms with Gasteiger partial charge in [0.15, 0.2) is 0 Å². The van der Waals surface area contributed by atoms with E-state index >= 15 is 0 Å². The van der Waals surface area contributed by atoms with E-state index < -0.39 is 0 Å². The standard InChI is InChI=1S/C28H57NO/c1-4-7-10-13-15-16-17-19-21-24-27-29(26-23-12-9-6-3)28(30)25-22-20-18-14-11-8-5-2/h4-27H2,1-3H3. The first kappa shape index (κ1) is 29.5. The van der Waals surface area contributed by atoms with Gasteiger partial charge in [0.25, 0.3) is 0 Å². The summed E-state index contributed by atoms with van der Waals surface area (Å²) >= 11 is 0. The van der Waals surface area contributed by atoms with Crippen LogP contribution in [0.4, 0.5) is 0 Å². The van der Waals surface area contributed by atoms with Crippen LogP contribution in [0.5, 0.6) is 0 Å². The molecule has 180 valence electrons. The van der Waals surface area contributed by atoms with Crippen LogP contribution in [0.3, 0.4) is 0 Å². The molecule has 0 heterocycles. The van der Waals surface area contributed by atoms with Crippen molar-refractivity contribution in [2.45, 2.75) is 162 Å². The molecule has 0 rings (SSSR count). The monoisotopic (exact) mass is 423 g/mol. The number of nitrogens with zero attached hydrogens (tertiary/aromatic N) is 1. The number of carbonyl (C=O) groups excluding carboxylic acids is 1. The zero-order valence-corrected chi connectivity index (χ0v) is 21.3. The predicted molar refractivity (Wildman–Crippen MR) is 135 cm³/mol. The van der Waals surface area contributed by atoms with Crippen molar-refractivity contribution in [3.63, 3.8) is 0 Å². The fourth-order valence-electron chi connectivity index (χ4n) is 4.27. The van der Waals surface area contributed by atoms with Gasteiger partial charge in [-0.25, -0.2) is 0 Å². The minimum Gasteiger partial charge on any atom is -0.343 e. The third-order valence-electron chi connectivity index (χ3n) is 6.41. The number of hydrogen-bond donors (Lipinski definition) is 0. The first-order valence-corrected chi connectivity index (χ1v) is 14.0. The normalized spacial score (nSPS) is 11.2. The Morgan fingerprint density at radius 3 is 1.13 bits per heavy atom. The fraction of sp³-hybridized carbons (Fsp3) is 0.964. The molecule has 0 spiro atoms. The molecule has 0 aliphatic heterocycles. The summed E-state index contributed by atoms with van der Waals surface area (Å²) in [6.07, 6.45) is 28.5. The molecule has 0 atom stereocenters. The van der Waals surface area contributed by atoms with E-state index in [1.165, 1.54) is 128 Å². The van der Waals surface area contributed by atoms with Crippen molar-refractivity contribution in [1.82, 2.24) is 4.90 Å². The van der Waals surface area contributed by atoms with Gasteiger partial charge in [-0.1, -0.05) is 136 Å². The van der Waals surface area contributed by atoms with Crippen molar-refractivity contribution >= 4 is 5.91 Å². The van der Waals surface area contributed by atoms with Gasteiger partial charge in [-0.05, 0) is 19.3 Å². The smallest absolute Gasteiger partial charge is 0.222 e. The zero-order chi connectivity index (χ0) is 22.1. The van der Waals surface area contributed by atoms with Crippen LogP contribution in [0.25, 0.3) is 0 Å². The molecule has 0 saturated carbocycles. The van der Waals surface area contributed by atoms with Crippen LogP contribution < -0.4 is 0 Å². The van der Waals surface area contributed by atoms with Crippen LogP contribution in [-0.4, -0.2) is 23.9 Å². The predicted octanol–water partition coefficient (Wildman–Crippen LogP) is 9.46. The average Bonchev–Trinajstić information content (AvgIpc) is 2.75. The summed E-state index contributed by atoms with van der Waals surface area (Å²) in [6.45, 7) is 8.80. The lowest BCUT2D eigenvalue weighted by molar-refractivity contribution is -0.131. The van der Waals surface area contributed by atoms with Gasteiger partial charge in [0.2, 0.25) is 5.91 Å². The molecule has 0 aliphatic rings. The molecule has 0 fully saturated rings. The SMILES string of the molecule is CCCCCCCCCCCCN(CCCCCC)C(=O)CCCCCCCCC. The molecule has 1 amide bonds. The van der Waals surface area contributed by atoms with E-state index in [1.54, 1.807) is 0 Å². The van der Waals surface area contributed by atoms with Crippen LogP contribution in [0.2, 0.25) is 0 Å². The first-order valence-electron chi connectivity index (χ1n) is 14.0. The minimum atomic E-state index is 0.427. The molecule has 0 aromatic carbocycles. The summed E-state index contributed by atoms with van der Waals surface area (Å²) in [4.78, 5) is 15.0. The van der Waals surface area contributed by atoms with Crippen molar-refractivity contribution in [1.29, 1.82) is 0 Å². The summed E-state index contributed by atoms with van der Waals surface area (Å²) < 4.78 is 0. The molecule has 30 heavy (non-hydrogen) atoms. The van der Waals surface area contributed by atoms with Crippen LogP contribution in [0.15, 0.2) is 0 Å². The van der Waals surface area contributed by atoms with Gasteiger partial charge in [0, 0.05) is 19.5 Å². The van der Waals surface area contributed by atoms with Gasteiger partial charge in [0.05, 0.1) is 0 Å².